The van der Waals surface area contributed by atoms with E-state index in [2.05, 4.69) is 44.7 Å². The van der Waals surface area contributed by atoms with Crippen molar-refractivity contribution in [2.45, 2.75) is 38.1 Å². The van der Waals surface area contributed by atoms with Crippen molar-refractivity contribution in [3.63, 3.8) is 0 Å². The maximum Gasteiger partial charge on any atom is 0.258 e. The third-order valence-electron chi connectivity index (χ3n) is 4.85. The van der Waals surface area contributed by atoms with Crippen molar-refractivity contribution in [1.82, 2.24) is 16.0 Å². The van der Waals surface area contributed by atoms with E-state index in [4.69, 9.17) is 4.74 Å². The SMILES string of the molecule is CN=C(NCCc1ccc(OCC(=O)NC2CC2)cc1)NCC(C)c1ccsc1.I. The van der Waals surface area contributed by atoms with Crippen LogP contribution >= 0.6 is 35.3 Å². The molecule has 0 saturated heterocycles. The molecule has 1 fully saturated rings. The topological polar surface area (TPSA) is 74.8 Å². The molecule has 6 nitrogen and oxygen atoms in total. The van der Waals surface area contributed by atoms with Crippen LogP contribution in [0.25, 0.3) is 0 Å². The van der Waals surface area contributed by atoms with Gasteiger partial charge in [-0.05, 0) is 65.3 Å². The van der Waals surface area contributed by atoms with Gasteiger partial charge < -0.3 is 20.7 Å². The quantitative estimate of drug-likeness (QED) is 0.244. The van der Waals surface area contributed by atoms with Gasteiger partial charge in [-0.25, -0.2) is 0 Å². The third-order valence-corrected chi connectivity index (χ3v) is 5.55. The van der Waals surface area contributed by atoms with Crippen LogP contribution in [0.5, 0.6) is 5.75 Å². The molecular formula is C22H31IN4O2S. The summed E-state index contributed by atoms with van der Waals surface area (Å²) in [6.07, 6.45) is 3.05. The molecule has 3 N–H and O–H groups in total. The maximum atomic E-state index is 11.7. The lowest BCUT2D eigenvalue weighted by atomic mass is 10.1. The van der Waals surface area contributed by atoms with Crippen LogP contribution in [0.3, 0.4) is 0 Å². The number of nitrogens with one attached hydrogen (secondary N) is 3. The summed E-state index contributed by atoms with van der Waals surface area (Å²) in [6.45, 7) is 3.91. The number of hydrogen-bond acceptors (Lipinski definition) is 4. The first-order valence-electron chi connectivity index (χ1n) is 10.1. The Morgan fingerprint density at radius 1 is 1.23 bits per heavy atom. The molecule has 0 spiro atoms. The zero-order valence-corrected chi connectivity index (χ0v) is 20.7. The van der Waals surface area contributed by atoms with Crippen LogP contribution in [0.1, 0.15) is 36.8 Å². The van der Waals surface area contributed by atoms with Crippen LogP contribution in [0.2, 0.25) is 0 Å². The van der Waals surface area contributed by atoms with Gasteiger partial charge >= 0.3 is 0 Å². The standard InChI is InChI=1S/C22H30N4O2S.HI/c1-16(18-10-12-29-15-18)13-25-22(23-2)24-11-9-17-3-7-20(8-4-17)28-14-21(27)26-19-5-6-19;/h3-4,7-8,10,12,15-16,19H,5-6,9,11,13-14H2,1-2H3,(H,26,27)(H2,23,24,25);1H. The van der Waals surface area contributed by atoms with Gasteiger partial charge in [0.25, 0.3) is 5.91 Å². The highest BCUT2D eigenvalue weighted by Gasteiger charge is 2.23. The minimum atomic E-state index is -0.0482. The second-order valence-corrected chi connectivity index (χ2v) is 8.14. The number of ether oxygens (including phenoxy) is 1. The van der Waals surface area contributed by atoms with Crippen LogP contribution in [0.15, 0.2) is 46.1 Å². The summed E-state index contributed by atoms with van der Waals surface area (Å²) in [7, 11) is 1.79. The molecule has 3 rings (SSSR count). The zero-order valence-electron chi connectivity index (χ0n) is 17.5. The average molecular weight is 542 g/mol. The Bertz CT molecular complexity index is 792. The molecule has 2 aromatic rings. The van der Waals surface area contributed by atoms with Crippen molar-refractivity contribution < 1.29 is 9.53 Å². The van der Waals surface area contributed by atoms with Crippen LogP contribution in [-0.4, -0.2) is 44.7 Å². The van der Waals surface area contributed by atoms with Crippen molar-refractivity contribution in [2.75, 3.05) is 26.7 Å². The Morgan fingerprint density at radius 2 is 2.00 bits per heavy atom. The molecule has 164 valence electrons. The van der Waals surface area contributed by atoms with Crippen molar-refractivity contribution >= 4 is 47.2 Å². The van der Waals surface area contributed by atoms with Gasteiger partial charge in [-0.15, -0.1) is 24.0 Å². The molecule has 1 aromatic heterocycles. The molecule has 1 atom stereocenters. The van der Waals surface area contributed by atoms with Crippen molar-refractivity contribution in [1.29, 1.82) is 0 Å². The summed E-state index contributed by atoms with van der Waals surface area (Å²) in [4.78, 5) is 16.0. The lowest BCUT2D eigenvalue weighted by molar-refractivity contribution is -0.123. The highest BCUT2D eigenvalue weighted by molar-refractivity contribution is 14.0. The predicted molar refractivity (Wildman–Crippen MR) is 134 cm³/mol. The Balaban J connectivity index is 0.00000320. The molecule has 1 aliphatic rings. The van der Waals surface area contributed by atoms with Crippen molar-refractivity contribution in [2.24, 2.45) is 4.99 Å². The second kappa shape index (κ2) is 12.8. The Kier molecular flexibility index (Phi) is 10.4. The summed E-state index contributed by atoms with van der Waals surface area (Å²) in [5.41, 5.74) is 2.56. The Labute approximate surface area is 199 Å². The van der Waals surface area contributed by atoms with Gasteiger partial charge in [0.15, 0.2) is 12.6 Å². The van der Waals surface area contributed by atoms with E-state index < -0.39 is 0 Å². The molecule has 0 radical (unpaired) electrons. The summed E-state index contributed by atoms with van der Waals surface area (Å²) < 4.78 is 5.54. The number of carbonyl (C=O) groups excluding carboxylic acids is 1. The molecule has 1 heterocycles. The van der Waals surface area contributed by atoms with Crippen LogP contribution < -0.4 is 20.7 Å². The number of halogens is 1. The summed E-state index contributed by atoms with van der Waals surface area (Å²) in [5, 5.41) is 14.0. The third kappa shape index (κ3) is 8.51. The number of benzene rings is 1. The molecule has 1 aliphatic carbocycles. The molecule has 0 bridgehead atoms. The summed E-state index contributed by atoms with van der Waals surface area (Å²) in [5.74, 6) is 1.92. The number of nitrogens with zero attached hydrogens (tertiary/aromatic N) is 1. The monoisotopic (exact) mass is 542 g/mol. The number of guanidine groups is 1. The second-order valence-electron chi connectivity index (χ2n) is 7.36. The fourth-order valence-corrected chi connectivity index (χ4v) is 3.65. The van der Waals surface area contributed by atoms with E-state index in [0.717, 1.165) is 38.3 Å². The fraction of sp³-hybridized carbons (Fsp3) is 0.455. The van der Waals surface area contributed by atoms with Gasteiger partial charge in [0.05, 0.1) is 0 Å². The minimum absolute atomic E-state index is 0. The van der Waals surface area contributed by atoms with Gasteiger partial charge in [-0.3, -0.25) is 9.79 Å². The van der Waals surface area contributed by atoms with E-state index in [-0.39, 0.29) is 36.5 Å². The number of amides is 1. The number of aliphatic imine (C=N–C) groups is 1. The van der Waals surface area contributed by atoms with Gasteiger partial charge in [0, 0.05) is 26.2 Å². The number of hydrogen-bond donors (Lipinski definition) is 3. The maximum absolute atomic E-state index is 11.7. The van der Waals surface area contributed by atoms with Gasteiger partial charge in [0.1, 0.15) is 5.75 Å². The average Bonchev–Trinajstić information content (AvgIpc) is 3.37. The highest BCUT2D eigenvalue weighted by Crippen LogP contribution is 2.19. The van der Waals surface area contributed by atoms with Gasteiger partial charge in [-0.2, -0.15) is 11.3 Å². The molecule has 0 aliphatic heterocycles. The molecule has 1 unspecified atom stereocenters. The van der Waals surface area contributed by atoms with E-state index >= 15 is 0 Å². The van der Waals surface area contributed by atoms with E-state index in [1.54, 1.807) is 18.4 Å². The van der Waals surface area contributed by atoms with Crippen molar-refractivity contribution in [3.8, 4) is 5.75 Å². The zero-order chi connectivity index (χ0) is 20.5. The number of carbonyl (C=O) groups is 1. The normalized spacial score (nSPS) is 14.4. The van der Waals surface area contributed by atoms with E-state index in [1.165, 1.54) is 11.1 Å². The first-order valence-corrected chi connectivity index (χ1v) is 11.1. The summed E-state index contributed by atoms with van der Waals surface area (Å²) in [6, 6.07) is 10.4. The predicted octanol–water partition coefficient (Wildman–Crippen LogP) is 3.53. The molecule has 1 aromatic carbocycles. The largest absolute Gasteiger partial charge is 0.484 e. The van der Waals surface area contributed by atoms with E-state index in [0.29, 0.717) is 17.7 Å². The Morgan fingerprint density at radius 3 is 2.63 bits per heavy atom. The molecule has 30 heavy (non-hydrogen) atoms. The van der Waals surface area contributed by atoms with Crippen LogP contribution in [0.4, 0.5) is 0 Å². The number of rotatable bonds is 10. The lowest BCUT2D eigenvalue weighted by Gasteiger charge is -2.15. The molecule has 1 saturated carbocycles. The van der Waals surface area contributed by atoms with Gasteiger partial charge in [-0.1, -0.05) is 19.1 Å². The van der Waals surface area contributed by atoms with Crippen LogP contribution in [0, 0.1) is 0 Å². The minimum Gasteiger partial charge on any atom is -0.484 e. The fourth-order valence-electron chi connectivity index (χ4n) is 2.87. The smallest absolute Gasteiger partial charge is 0.258 e. The number of thiophene rings is 1. The highest BCUT2D eigenvalue weighted by atomic mass is 127. The van der Waals surface area contributed by atoms with E-state index in [1.807, 2.05) is 24.3 Å². The summed E-state index contributed by atoms with van der Waals surface area (Å²) >= 11 is 1.73. The van der Waals surface area contributed by atoms with Crippen molar-refractivity contribution in [3.05, 3.63) is 52.2 Å². The first kappa shape index (κ1) is 24.5. The Hall–Kier alpha value is -1.81. The van der Waals surface area contributed by atoms with Gasteiger partial charge in [0.2, 0.25) is 0 Å². The lowest BCUT2D eigenvalue weighted by Crippen LogP contribution is -2.39. The van der Waals surface area contributed by atoms with E-state index in [9.17, 15) is 4.79 Å². The molecule has 8 heteroatoms. The van der Waals surface area contributed by atoms with Crippen LogP contribution in [-0.2, 0) is 11.2 Å². The first-order chi connectivity index (χ1) is 14.1. The molecular weight excluding hydrogens is 511 g/mol. The molecule has 1 amide bonds.